The molecule has 0 amide bonds. The Morgan fingerprint density at radius 1 is 1.43 bits per heavy atom. The standard InChI is InChI=1S/C13H25N/c1-5-11-7-10(4)12(6-9(2)3)13(14)8-11/h9,11,13H,5-8,14H2,1-4H3. The summed E-state index contributed by atoms with van der Waals surface area (Å²) < 4.78 is 0. The zero-order valence-corrected chi connectivity index (χ0v) is 10.1. The number of rotatable bonds is 3. The summed E-state index contributed by atoms with van der Waals surface area (Å²) in [6.07, 6.45) is 4.96. The SMILES string of the molecule is CCC1CC(C)=C(CC(C)C)C(N)C1. The molecule has 1 aliphatic carbocycles. The van der Waals surface area contributed by atoms with Crippen LogP contribution >= 0.6 is 0 Å². The van der Waals surface area contributed by atoms with Crippen LogP contribution in [0.25, 0.3) is 0 Å². The highest BCUT2D eigenvalue weighted by atomic mass is 14.6. The number of hydrogen-bond donors (Lipinski definition) is 1. The molecule has 1 heteroatoms. The van der Waals surface area contributed by atoms with Crippen molar-refractivity contribution >= 4 is 0 Å². The predicted molar refractivity (Wildman–Crippen MR) is 63.1 cm³/mol. The molecule has 0 radical (unpaired) electrons. The highest BCUT2D eigenvalue weighted by Crippen LogP contribution is 2.33. The van der Waals surface area contributed by atoms with Gasteiger partial charge in [0.15, 0.2) is 0 Å². The molecule has 2 N–H and O–H groups in total. The fraction of sp³-hybridized carbons (Fsp3) is 0.846. The van der Waals surface area contributed by atoms with Gasteiger partial charge in [0.05, 0.1) is 0 Å². The molecule has 0 heterocycles. The molecule has 0 aromatic heterocycles. The van der Waals surface area contributed by atoms with E-state index in [1.807, 2.05) is 0 Å². The largest absolute Gasteiger partial charge is 0.324 e. The summed E-state index contributed by atoms with van der Waals surface area (Å²) in [4.78, 5) is 0. The van der Waals surface area contributed by atoms with E-state index in [4.69, 9.17) is 5.73 Å². The van der Waals surface area contributed by atoms with E-state index in [2.05, 4.69) is 27.7 Å². The van der Waals surface area contributed by atoms with Crippen molar-refractivity contribution in [3.05, 3.63) is 11.1 Å². The van der Waals surface area contributed by atoms with Gasteiger partial charge < -0.3 is 5.73 Å². The molecule has 0 aliphatic heterocycles. The van der Waals surface area contributed by atoms with E-state index in [0.717, 1.165) is 11.8 Å². The normalized spacial score (nSPS) is 28.7. The van der Waals surface area contributed by atoms with E-state index in [9.17, 15) is 0 Å². The number of nitrogens with two attached hydrogens (primary N) is 1. The lowest BCUT2D eigenvalue weighted by Gasteiger charge is -2.31. The van der Waals surface area contributed by atoms with Crippen LogP contribution in [0.5, 0.6) is 0 Å². The summed E-state index contributed by atoms with van der Waals surface area (Å²) >= 11 is 0. The summed E-state index contributed by atoms with van der Waals surface area (Å²) in [5.74, 6) is 1.57. The summed E-state index contributed by atoms with van der Waals surface area (Å²) in [6.45, 7) is 9.11. The Morgan fingerprint density at radius 2 is 2.07 bits per heavy atom. The predicted octanol–water partition coefficient (Wildman–Crippen LogP) is 3.50. The van der Waals surface area contributed by atoms with Crippen LogP contribution in [0.15, 0.2) is 11.1 Å². The minimum Gasteiger partial charge on any atom is -0.324 e. The monoisotopic (exact) mass is 195 g/mol. The van der Waals surface area contributed by atoms with Gasteiger partial charge in [0.1, 0.15) is 0 Å². The molecular formula is C13H25N. The Kier molecular flexibility index (Phi) is 4.18. The topological polar surface area (TPSA) is 26.0 Å². The Hall–Kier alpha value is -0.300. The summed E-state index contributed by atoms with van der Waals surface area (Å²) in [5.41, 5.74) is 9.35. The first kappa shape index (κ1) is 11.8. The molecule has 2 atom stereocenters. The zero-order valence-electron chi connectivity index (χ0n) is 10.1. The van der Waals surface area contributed by atoms with Gasteiger partial charge in [-0.15, -0.1) is 0 Å². The van der Waals surface area contributed by atoms with Crippen LogP contribution in [0.1, 0.15) is 53.4 Å². The molecule has 2 unspecified atom stereocenters. The third kappa shape index (κ3) is 2.84. The molecule has 82 valence electrons. The van der Waals surface area contributed by atoms with Crippen LogP contribution in [0.4, 0.5) is 0 Å². The molecule has 1 nitrogen and oxygen atoms in total. The van der Waals surface area contributed by atoms with Crippen LogP contribution in [-0.4, -0.2) is 6.04 Å². The van der Waals surface area contributed by atoms with Crippen molar-refractivity contribution in [1.82, 2.24) is 0 Å². The number of allylic oxidation sites excluding steroid dienone is 1. The summed E-state index contributed by atoms with van der Waals surface area (Å²) in [7, 11) is 0. The van der Waals surface area contributed by atoms with Crippen molar-refractivity contribution in [2.45, 2.75) is 59.4 Å². The number of hydrogen-bond acceptors (Lipinski definition) is 1. The summed E-state index contributed by atoms with van der Waals surface area (Å²) in [5, 5.41) is 0. The minimum atomic E-state index is 0.344. The van der Waals surface area contributed by atoms with Gasteiger partial charge in [-0.1, -0.05) is 38.3 Å². The van der Waals surface area contributed by atoms with Gasteiger partial charge >= 0.3 is 0 Å². The van der Waals surface area contributed by atoms with Crippen molar-refractivity contribution in [3.63, 3.8) is 0 Å². The van der Waals surface area contributed by atoms with Crippen molar-refractivity contribution < 1.29 is 0 Å². The second kappa shape index (κ2) is 4.97. The lowest BCUT2D eigenvalue weighted by Crippen LogP contribution is -2.31. The van der Waals surface area contributed by atoms with E-state index in [1.54, 1.807) is 11.1 Å². The molecule has 0 saturated carbocycles. The second-order valence-electron chi connectivity index (χ2n) is 5.22. The van der Waals surface area contributed by atoms with Gasteiger partial charge in [0.2, 0.25) is 0 Å². The van der Waals surface area contributed by atoms with E-state index in [-0.39, 0.29) is 0 Å². The van der Waals surface area contributed by atoms with E-state index in [0.29, 0.717) is 6.04 Å². The first-order valence-electron chi connectivity index (χ1n) is 5.98. The van der Waals surface area contributed by atoms with Gasteiger partial charge in [-0.05, 0) is 38.0 Å². The summed E-state index contributed by atoms with van der Waals surface area (Å²) in [6, 6.07) is 0.344. The lowest BCUT2D eigenvalue weighted by molar-refractivity contribution is 0.396. The highest BCUT2D eigenvalue weighted by molar-refractivity contribution is 5.22. The van der Waals surface area contributed by atoms with Gasteiger partial charge in [0.25, 0.3) is 0 Å². The van der Waals surface area contributed by atoms with Gasteiger partial charge in [-0.3, -0.25) is 0 Å². The van der Waals surface area contributed by atoms with Gasteiger partial charge in [-0.25, -0.2) is 0 Å². The smallest absolute Gasteiger partial charge is 0.0259 e. The molecule has 0 aromatic carbocycles. The Labute approximate surface area is 88.8 Å². The fourth-order valence-corrected chi connectivity index (χ4v) is 2.54. The quantitative estimate of drug-likeness (QED) is 0.685. The average Bonchev–Trinajstić information content (AvgIpc) is 2.10. The van der Waals surface area contributed by atoms with Crippen LogP contribution in [0.2, 0.25) is 0 Å². The van der Waals surface area contributed by atoms with Gasteiger partial charge in [-0.2, -0.15) is 0 Å². The Bertz CT molecular complexity index is 215. The molecular weight excluding hydrogens is 170 g/mol. The maximum atomic E-state index is 6.23. The van der Waals surface area contributed by atoms with Crippen molar-refractivity contribution in [2.24, 2.45) is 17.6 Å². The molecule has 1 rings (SSSR count). The van der Waals surface area contributed by atoms with Crippen molar-refractivity contribution in [3.8, 4) is 0 Å². The maximum Gasteiger partial charge on any atom is 0.0259 e. The first-order valence-corrected chi connectivity index (χ1v) is 5.98. The van der Waals surface area contributed by atoms with Crippen LogP contribution in [-0.2, 0) is 0 Å². The van der Waals surface area contributed by atoms with E-state index >= 15 is 0 Å². The minimum absolute atomic E-state index is 0.344. The third-order valence-corrected chi connectivity index (χ3v) is 3.38. The maximum absolute atomic E-state index is 6.23. The zero-order chi connectivity index (χ0) is 10.7. The molecule has 0 saturated heterocycles. The van der Waals surface area contributed by atoms with E-state index in [1.165, 1.54) is 25.7 Å². The molecule has 14 heavy (non-hydrogen) atoms. The second-order valence-corrected chi connectivity index (χ2v) is 5.22. The molecule has 0 aromatic rings. The fourth-order valence-electron chi connectivity index (χ4n) is 2.54. The van der Waals surface area contributed by atoms with Crippen molar-refractivity contribution in [1.29, 1.82) is 0 Å². The van der Waals surface area contributed by atoms with E-state index < -0.39 is 0 Å². The first-order chi connectivity index (χ1) is 6.54. The molecule has 0 fully saturated rings. The Balaban J connectivity index is 2.71. The molecule has 0 spiro atoms. The average molecular weight is 195 g/mol. The van der Waals surface area contributed by atoms with Crippen LogP contribution in [0.3, 0.4) is 0 Å². The van der Waals surface area contributed by atoms with Crippen LogP contribution in [0, 0.1) is 11.8 Å². The highest BCUT2D eigenvalue weighted by Gasteiger charge is 2.23. The molecule has 1 aliphatic rings. The van der Waals surface area contributed by atoms with Crippen LogP contribution < -0.4 is 5.73 Å². The van der Waals surface area contributed by atoms with Crippen molar-refractivity contribution in [2.75, 3.05) is 0 Å². The Morgan fingerprint density at radius 3 is 2.50 bits per heavy atom. The molecule has 0 bridgehead atoms. The van der Waals surface area contributed by atoms with Gasteiger partial charge in [0, 0.05) is 6.04 Å². The lowest BCUT2D eigenvalue weighted by atomic mass is 9.78. The third-order valence-electron chi connectivity index (χ3n) is 3.38.